The lowest BCUT2D eigenvalue weighted by atomic mass is 9.98. The fourth-order valence-electron chi connectivity index (χ4n) is 3.33. The highest BCUT2D eigenvalue weighted by molar-refractivity contribution is 7.13. The predicted molar refractivity (Wildman–Crippen MR) is 103 cm³/mol. The zero-order valence-electron chi connectivity index (χ0n) is 15.5. The van der Waals surface area contributed by atoms with Crippen LogP contribution in [0.4, 0.5) is 10.6 Å². The van der Waals surface area contributed by atoms with E-state index in [1.54, 1.807) is 0 Å². The molecule has 5 nitrogen and oxygen atoms in total. The molecule has 1 aliphatic rings. The number of aromatic nitrogens is 1. The van der Waals surface area contributed by atoms with Crippen molar-refractivity contribution < 1.29 is 9.53 Å². The van der Waals surface area contributed by atoms with Crippen LogP contribution in [-0.4, -0.2) is 47.6 Å². The third-order valence-electron chi connectivity index (χ3n) is 4.42. The molecule has 1 amide bonds. The number of nitrogens with zero attached hydrogens (tertiary/aromatic N) is 3. The lowest BCUT2D eigenvalue weighted by Crippen LogP contribution is -2.45. The van der Waals surface area contributed by atoms with Crippen LogP contribution in [0.2, 0.25) is 0 Å². The number of hydrogen-bond acceptors (Lipinski definition) is 5. The van der Waals surface area contributed by atoms with Gasteiger partial charge in [0.2, 0.25) is 0 Å². The first-order chi connectivity index (χ1) is 11.8. The molecular weight excluding hydrogens is 334 g/mol. The third kappa shape index (κ3) is 4.42. The average Bonchev–Trinajstić information content (AvgIpc) is 2.97. The fourth-order valence-corrected chi connectivity index (χ4v) is 4.15. The molecule has 2 aromatic rings. The molecule has 1 unspecified atom stereocenters. The van der Waals surface area contributed by atoms with Crippen molar-refractivity contribution in [2.45, 2.75) is 39.2 Å². The highest BCUT2D eigenvalue weighted by atomic mass is 32.1. The number of carbonyl (C=O) groups excluding carboxylic acids is 1. The van der Waals surface area contributed by atoms with Crippen LogP contribution in [0.3, 0.4) is 0 Å². The first-order valence-corrected chi connectivity index (χ1v) is 9.64. The van der Waals surface area contributed by atoms with Crippen molar-refractivity contribution in [1.82, 2.24) is 9.27 Å². The van der Waals surface area contributed by atoms with Crippen molar-refractivity contribution in [3.05, 3.63) is 24.3 Å². The van der Waals surface area contributed by atoms with Gasteiger partial charge in [-0.1, -0.05) is 12.1 Å². The standard InChI is InChI=1S/C19H27N3O2S/c1-19(2,3)24-18(23)22-11-7-8-14(13-22)12-21(4)17-15-9-5-6-10-16(15)25-20-17/h5-6,9-10,14H,7-8,11-13H2,1-4H3. The maximum atomic E-state index is 12.3. The van der Waals surface area contributed by atoms with Gasteiger partial charge in [0.25, 0.3) is 0 Å². The van der Waals surface area contributed by atoms with Crippen molar-refractivity contribution in [2.24, 2.45) is 5.92 Å². The van der Waals surface area contributed by atoms with Gasteiger partial charge in [0.05, 0.1) is 4.70 Å². The largest absolute Gasteiger partial charge is 0.444 e. The van der Waals surface area contributed by atoms with Crippen molar-refractivity contribution in [3.8, 4) is 0 Å². The summed E-state index contributed by atoms with van der Waals surface area (Å²) in [6, 6.07) is 8.33. The van der Waals surface area contributed by atoms with Crippen LogP contribution in [0.1, 0.15) is 33.6 Å². The number of hydrogen-bond donors (Lipinski definition) is 0. The van der Waals surface area contributed by atoms with E-state index in [2.05, 4.69) is 34.5 Å². The highest BCUT2D eigenvalue weighted by Gasteiger charge is 2.28. The van der Waals surface area contributed by atoms with E-state index in [0.29, 0.717) is 5.92 Å². The van der Waals surface area contributed by atoms with Crippen LogP contribution in [0.15, 0.2) is 24.3 Å². The second-order valence-corrected chi connectivity index (χ2v) is 8.62. The van der Waals surface area contributed by atoms with Crippen LogP contribution in [0.5, 0.6) is 0 Å². The van der Waals surface area contributed by atoms with E-state index in [4.69, 9.17) is 4.74 Å². The Morgan fingerprint density at radius 1 is 1.40 bits per heavy atom. The van der Waals surface area contributed by atoms with Gasteiger partial charge in [0.15, 0.2) is 0 Å². The summed E-state index contributed by atoms with van der Waals surface area (Å²) in [7, 11) is 2.09. The van der Waals surface area contributed by atoms with Gasteiger partial charge in [-0.25, -0.2) is 4.79 Å². The van der Waals surface area contributed by atoms with Gasteiger partial charge in [0, 0.05) is 32.1 Å². The second-order valence-electron chi connectivity index (χ2n) is 7.82. The molecule has 136 valence electrons. The normalized spacial score (nSPS) is 18.4. The molecule has 0 spiro atoms. The maximum Gasteiger partial charge on any atom is 0.410 e. The van der Waals surface area contributed by atoms with Gasteiger partial charge >= 0.3 is 6.09 Å². The molecule has 0 N–H and O–H groups in total. The summed E-state index contributed by atoms with van der Waals surface area (Å²) in [5.74, 6) is 1.47. The third-order valence-corrected chi connectivity index (χ3v) is 5.24. The van der Waals surface area contributed by atoms with E-state index in [-0.39, 0.29) is 6.09 Å². The van der Waals surface area contributed by atoms with Crippen LogP contribution in [-0.2, 0) is 4.74 Å². The van der Waals surface area contributed by atoms with E-state index in [1.165, 1.54) is 21.6 Å². The molecule has 1 atom stereocenters. The summed E-state index contributed by atoms with van der Waals surface area (Å²) in [6.07, 6.45) is 1.96. The summed E-state index contributed by atoms with van der Waals surface area (Å²) in [5, 5.41) is 1.20. The molecule has 1 saturated heterocycles. The molecule has 1 fully saturated rings. The Balaban J connectivity index is 1.63. The number of likely N-dealkylation sites (tertiary alicyclic amines) is 1. The lowest BCUT2D eigenvalue weighted by molar-refractivity contribution is 0.0170. The monoisotopic (exact) mass is 361 g/mol. The number of carbonyl (C=O) groups is 1. The van der Waals surface area contributed by atoms with E-state index in [0.717, 1.165) is 38.3 Å². The molecule has 1 aliphatic heterocycles. The Kier molecular flexibility index (Phi) is 5.18. The molecule has 6 heteroatoms. The van der Waals surface area contributed by atoms with E-state index >= 15 is 0 Å². The molecule has 0 radical (unpaired) electrons. The number of piperidine rings is 1. The first kappa shape index (κ1) is 18.0. The number of ether oxygens (including phenoxy) is 1. The Labute approximate surface area is 153 Å². The lowest BCUT2D eigenvalue weighted by Gasteiger charge is -2.35. The average molecular weight is 362 g/mol. The first-order valence-electron chi connectivity index (χ1n) is 8.87. The van der Waals surface area contributed by atoms with Crippen LogP contribution in [0.25, 0.3) is 10.1 Å². The number of fused-ring (bicyclic) bond motifs is 1. The topological polar surface area (TPSA) is 45.7 Å². The Morgan fingerprint density at radius 2 is 2.16 bits per heavy atom. The smallest absolute Gasteiger partial charge is 0.410 e. The molecule has 1 aromatic heterocycles. The molecule has 3 rings (SSSR count). The van der Waals surface area contributed by atoms with E-state index in [9.17, 15) is 4.79 Å². The van der Waals surface area contributed by atoms with Crippen molar-refractivity contribution >= 4 is 33.5 Å². The zero-order chi connectivity index (χ0) is 18.0. The van der Waals surface area contributed by atoms with Crippen molar-refractivity contribution in [2.75, 3.05) is 31.6 Å². The molecule has 1 aromatic carbocycles. The summed E-state index contributed by atoms with van der Waals surface area (Å²) in [5.41, 5.74) is -0.444. The molecule has 0 aliphatic carbocycles. The predicted octanol–water partition coefficient (Wildman–Crippen LogP) is 4.38. The molecule has 25 heavy (non-hydrogen) atoms. The number of anilines is 1. The Bertz CT molecular complexity index is 738. The zero-order valence-corrected chi connectivity index (χ0v) is 16.3. The highest BCUT2D eigenvalue weighted by Crippen LogP contribution is 2.30. The minimum absolute atomic E-state index is 0.195. The fraction of sp³-hybridized carbons (Fsp3) is 0.579. The maximum absolute atomic E-state index is 12.3. The quantitative estimate of drug-likeness (QED) is 0.814. The van der Waals surface area contributed by atoms with Gasteiger partial charge in [-0.2, -0.15) is 4.37 Å². The summed E-state index contributed by atoms with van der Waals surface area (Å²) in [6.45, 7) is 8.16. The molecule has 0 saturated carbocycles. The van der Waals surface area contributed by atoms with Gasteiger partial charge < -0.3 is 14.5 Å². The SMILES string of the molecule is CN(CC1CCCN(C(=O)OC(C)(C)C)C1)c1nsc2ccccc12. The minimum Gasteiger partial charge on any atom is -0.444 e. The number of benzene rings is 1. The van der Waals surface area contributed by atoms with Gasteiger partial charge in [0.1, 0.15) is 11.4 Å². The van der Waals surface area contributed by atoms with Crippen LogP contribution >= 0.6 is 11.5 Å². The van der Waals surface area contributed by atoms with E-state index < -0.39 is 5.60 Å². The minimum atomic E-state index is -0.444. The van der Waals surface area contributed by atoms with Gasteiger partial charge in [-0.15, -0.1) is 0 Å². The summed E-state index contributed by atoms with van der Waals surface area (Å²) >= 11 is 1.54. The number of rotatable bonds is 3. The Morgan fingerprint density at radius 3 is 2.92 bits per heavy atom. The van der Waals surface area contributed by atoms with Crippen molar-refractivity contribution in [1.29, 1.82) is 0 Å². The molecule has 2 heterocycles. The Hall–Kier alpha value is -1.82. The van der Waals surface area contributed by atoms with E-state index in [1.807, 2.05) is 31.7 Å². The second kappa shape index (κ2) is 7.20. The summed E-state index contributed by atoms with van der Waals surface area (Å²) < 4.78 is 11.4. The molecular formula is C19H27N3O2S. The summed E-state index contributed by atoms with van der Waals surface area (Å²) in [4.78, 5) is 16.4. The van der Waals surface area contributed by atoms with Crippen LogP contribution in [0, 0.1) is 5.92 Å². The van der Waals surface area contributed by atoms with Crippen molar-refractivity contribution in [3.63, 3.8) is 0 Å². The number of amides is 1. The molecule has 0 bridgehead atoms. The van der Waals surface area contributed by atoms with Crippen LogP contribution < -0.4 is 4.90 Å². The van der Waals surface area contributed by atoms with Gasteiger partial charge in [-0.05, 0) is 63.2 Å². The van der Waals surface area contributed by atoms with Gasteiger partial charge in [-0.3, -0.25) is 0 Å².